The fourth-order valence-electron chi connectivity index (χ4n) is 1.76. The first kappa shape index (κ1) is 18.4. The van der Waals surface area contributed by atoms with Gasteiger partial charge in [0.2, 0.25) is 15.9 Å². The lowest BCUT2D eigenvalue weighted by atomic mass is 10.2. The molecule has 1 aromatic carbocycles. The third-order valence-corrected chi connectivity index (χ3v) is 4.37. The number of sulfonamides is 1. The zero-order valence-corrected chi connectivity index (χ0v) is 12.9. The molecule has 0 atom stereocenters. The van der Waals surface area contributed by atoms with E-state index in [-0.39, 0.29) is 17.9 Å². The lowest BCUT2D eigenvalue weighted by molar-refractivity contribution is -0.138. The standard InChI is InChI=1S/C13H17F3N2O3S/c1-9-3-4-11(10(2)7-9)22(20,21)18-6-5-12(19)17-8-13(14,15)16/h3-4,7,18H,5-6,8H2,1-2H3,(H,17,19). The molecule has 1 rings (SSSR count). The molecule has 1 aromatic rings. The number of hydrogen-bond donors (Lipinski definition) is 2. The summed E-state index contributed by atoms with van der Waals surface area (Å²) in [5.41, 5.74) is 1.46. The van der Waals surface area contributed by atoms with Gasteiger partial charge in [-0.2, -0.15) is 13.2 Å². The Morgan fingerprint density at radius 1 is 1.23 bits per heavy atom. The lowest BCUT2D eigenvalue weighted by Crippen LogP contribution is -2.36. The van der Waals surface area contributed by atoms with Crippen LogP contribution in [0.4, 0.5) is 13.2 Å². The number of carbonyl (C=O) groups is 1. The quantitative estimate of drug-likeness (QED) is 0.828. The van der Waals surface area contributed by atoms with Gasteiger partial charge in [-0.15, -0.1) is 0 Å². The van der Waals surface area contributed by atoms with E-state index < -0.39 is 28.7 Å². The maximum Gasteiger partial charge on any atom is 0.405 e. The number of alkyl halides is 3. The highest BCUT2D eigenvalue weighted by atomic mass is 32.2. The normalized spacial score (nSPS) is 12.2. The van der Waals surface area contributed by atoms with E-state index in [9.17, 15) is 26.4 Å². The van der Waals surface area contributed by atoms with Crippen molar-refractivity contribution in [2.75, 3.05) is 13.1 Å². The van der Waals surface area contributed by atoms with Crippen LogP contribution in [0.25, 0.3) is 0 Å². The minimum absolute atomic E-state index is 0.0776. The molecule has 0 heterocycles. The number of nitrogens with one attached hydrogen (secondary N) is 2. The molecule has 0 bridgehead atoms. The summed E-state index contributed by atoms with van der Waals surface area (Å²) in [4.78, 5) is 11.3. The van der Waals surface area contributed by atoms with Crippen molar-refractivity contribution in [2.45, 2.75) is 31.3 Å². The Morgan fingerprint density at radius 2 is 1.86 bits per heavy atom. The van der Waals surface area contributed by atoms with Gasteiger partial charge in [0.1, 0.15) is 6.54 Å². The fraction of sp³-hybridized carbons (Fsp3) is 0.462. The van der Waals surface area contributed by atoms with Crippen molar-refractivity contribution in [3.05, 3.63) is 29.3 Å². The fourth-order valence-corrected chi connectivity index (χ4v) is 3.02. The molecular weight excluding hydrogens is 321 g/mol. The summed E-state index contributed by atoms with van der Waals surface area (Å²) >= 11 is 0. The lowest BCUT2D eigenvalue weighted by Gasteiger charge is -2.11. The van der Waals surface area contributed by atoms with Gasteiger partial charge in [-0.05, 0) is 25.5 Å². The Morgan fingerprint density at radius 3 is 2.41 bits per heavy atom. The van der Waals surface area contributed by atoms with Gasteiger partial charge >= 0.3 is 6.18 Å². The minimum atomic E-state index is -4.49. The van der Waals surface area contributed by atoms with E-state index in [2.05, 4.69) is 4.72 Å². The predicted molar refractivity (Wildman–Crippen MR) is 74.8 cm³/mol. The van der Waals surface area contributed by atoms with Crippen molar-refractivity contribution in [3.63, 3.8) is 0 Å². The highest BCUT2D eigenvalue weighted by Gasteiger charge is 2.27. The number of aryl methyl sites for hydroxylation is 2. The second kappa shape index (κ2) is 7.10. The third kappa shape index (κ3) is 6.02. The largest absolute Gasteiger partial charge is 0.405 e. The summed E-state index contributed by atoms with van der Waals surface area (Å²) in [7, 11) is -3.80. The van der Waals surface area contributed by atoms with Crippen molar-refractivity contribution >= 4 is 15.9 Å². The molecule has 124 valence electrons. The van der Waals surface area contributed by atoms with Crippen LogP contribution < -0.4 is 10.0 Å². The SMILES string of the molecule is Cc1ccc(S(=O)(=O)NCCC(=O)NCC(F)(F)F)c(C)c1. The highest BCUT2D eigenvalue weighted by molar-refractivity contribution is 7.89. The van der Waals surface area contributed by atoms with Crippen molar-refractivity contribution < 1.29 is 26.4 Å². The number of hydrogen-bond acceptors (Lipinski definition) is 3. The van der Waals surface area contributed by atoms with Gasteiger partial charge in [0.25, 0.3) is 0 Å². The maximum atomic E-state index is 12.0. The molecule has 1 amide bonds. The van der Waals surface area contributed by atoms with Crippen LogP contribution in [0, 0.1) is 13.8 Å². The summed E-state index contributed by atoms with van der Waals surface area (Å²) in [6.45, 7) is 1.74. The Hall–Kier alpha value is -1.61. The molecule has 2 N–H and O–H groups in total. The van der Waals surface area contributed by atoms with Gasteiger partial charge in [-0.1, -0.05) is 17.7 Å². The van der Waals surface area contributed by atoms with Gasteiger partial charge < -0.3 is 5.32 Å². The van der Waals surface area contributed by atoms with Crippen molar-refractivity contribution in [1.29, 1.82) is 0 Å². The van der Waals surface area contributed by atoms with Crippen LogP contribution >= 0.6 is 0 Å². The summed E-state index contributed by atoms with van der Waals surface area (Å²) in [6.07, 6.45) is -4.87. The zero-order valence-electron chi connectivity index (χ0n) is 12.1. The van der Waals surface area contributed by atoms with Gasteiger partial charge in [0.15, 0.2) is 0 Å². The topological polar surface area (TPSA) is 75.3 Å². The van der Waals surface area contributed by atoms with Crippen LogP contribution in [0.15, 0.2) is 23.1 Å². The molecule has 0 aliphatic rings. The summed E-state index contributed by atoms with van der Waals surface area (Å²) in [5.74, 6) is -0.874. The van der Waals surface area contributed by atoms with E-state index in [1.165, 1.54) is 6.07 Å². The molecule has 0 unspecified atom stereocenters. The average molecular weight is 338 g/mol. The molecule has 0 aromatic heterocycles. The average Bonchev–Trinajstić information content (AvgIpc) is 2.34. The second-order valence-corrected chi connectivity index (χ2v) is 6.54. The highest BCUT2D eigenvalue weighted by Crippen LogP contribution is 2.16. The molecule has 0 radical (unpaired) electrons. The molecular formula is C13H17F3N2O3S. The minimum Gasteiger partial charge on any atom is -0.347 e. The molecule has 0 saturated carbocycles. The first-order chi connectivity index (χ1) is 10.0. The summed E-state index contributed by atoms with van der Waals surface area (Å²) in [5, 5.41) is 1.67. The maximum absolute atomic E-state index is 12.0. The van der Waals surface area contributed by atoms with E-state index in [0.717, 1.165) is 5.56 Å². The zero-order chi connectivity index (χ0) is 17.0. The van der Waals surface area contributed by atoms with Crippen LogP contribution in [-0.4, -0.2) is 33.6 Å². The van der Waals surface area contributed by atoms with Crippen molar-refractivity contribution in [3.8, 4) is 0 Å². The Kier molecular flexibility index (Phi) is 5.95. The molecule has 0 spiro atoms. The van der Waals surface area contributed by atoms with E-state index in [1.54, 1.807) is 24.4 Å². The second-order valence-electron chi connectivity index (χ2n) is 4.81. The molecule has 0 aliphatic heterocycles. The van der Waals surface area contributed by atoms with E-state index in [4.69, 9.17) is 0 Å². The smallest absolute Gasteiger partial charge is 0.347 e. The Labute approximate surface area is 127 Å². The Bertz CT molecular complexity index is 642. The number of carbonyl (C=O) groups excluding carboxylic acids is 1. The van der Waals surface area contributed by atoms with Gasteiger partial charge in [-0.25, -0.2) is 13.1 Å². The molecule has 5 nitrogen and oxygen atoms in total. The number of amides is 1. The summed E-state index contributed by atoms with van der Waals surface area (Å²) < 4.78 is 62.0. The van der Waals surface area contributed by atoms with E-state index in [0.29, 0.717) is 5.56 Å². The molecule has 0 aliphatic carbocycles. The molecule has 0 fully saturated rings. The number of halogens is 3. The van der Waals surface area contributed by atoms with Crippen molar-refractivity contribution in [2.24, 2.45) is 0 Å². The molecule has 0 saturated heterocycles. The van der Waals surface area contributed by atoms with Crippen LogP contribution in [0.3, 0.4) is 0 Å². The first-order valence-electron chi connectivity index (χ1n) is 6.41. The number of rotatable bonds is 6. The Balaban J connectivity index is 2.55. The van der Waals surface area contributed by atoms with Gasteiger partial charge in [0, 0.05) is 13.0 Å². The van der Waals surface area contributed by atoms with E-state index in [1.807, 2.05) is 6.92 Å². The monoisotopic (exact) mass is 338 g/mol. The number of benzene rings is 1. The predicted octanol–water partition coefficient (Wildman–Crippen LogP) is 1.65. The third-order valence-electron chi connectivity index (χ3n) is 2.75. The first-order valence-corrected chi connectivity index (χ1v) is 7.90. The van der Waals surface area contributed by atoms with E-state index >= 15 is 0 Å². The van der Waals surface area contributed by atoms with Gasteiger partial charge in [0.05, 0.1) is 4.90 Å². The van der Waals surface area contributed by atoms with Crippen LogP contribution in [0.1, 0.15) is 17.5 Å². The molecule has 9 heteroatoms. The van der Waals surface area contributed by atoms with Crippen molar-refractivity contribution in [1.82, 2.24) is 10.0 Å². The van der Waals surface area contributed by atoms with Crippen LogP contribution in [0.2, 0.25) is 0 Å². The van der Waals surface area contributed by atoms with Crippen LogP contribution in [0.5, 0.6) is 0 Å². The van der Waals surface area contributed by atoms with Gasteiger partial charge in [-0.3, -0.25) is 4.79 Å². The molecule has 22 heavy (non-hydrogen) atoms. The summed E-state index contributed by atoms with van der Waals surface area (Å²) in [6, 6.07) is 4.78. The van der Waals surface area contributed by atoms with Crippen LogP contribution in [-0.2, 0) is 14.8 Å².